The monoisotopic (exact) mass is 269 g/mol. The zero-order valence-electron chi connectivity index (χ0n) is 12.3. The van der Waals surface area contributed by atoms with Crippen LogP contribution in [0.2, 0.25) is 0 Å². The first-order chi connectivity index (χ1) is 8.99. The number of likely N-dealkylation sites (N-methyl/N-ethyl adjacent to an activating group) is 1. The fourth-order valence-electron chi connectivity index (χ4n) is 2.73. The van der Waals surface area contributed by atoms with Gasteiger partial charge < -0.3 is 10.5 Å². The lowest BCUT2D eigenvalue weighted by Crippen LogP contribution is -2.64. The number of nitrogens with two attached hydrogens (primary N) is 1. The van der Waals surface area contributed by atoms with Gasteiger partial charge >= 0.3 is 0 Å². The number of primary amides is 1. The summed E-state index contributed by atoms with van der Waals surface area (Å²) < 4.78 is 5.19. The second-order valence-corrected chi connectivity index (χ2v) is 6.25. The number of nitrogens with zero attached hydrogens (tertiary/aromatic N) is 1. The Morgan fingerprint density at radius 3 is 2.53 bits per heavy atom. The summed E-state index contributed by atoms with van der Waals surface area (Å²) in [5.41, 5.74) is 5.21. The average molecular weight is 269 g/mol. The molecule has 0 radical (unpaired) electrons. The molecule has 0 bridgehead atoms. The van der Waals surface area contributed by atoms with Gasteiger partial charge in [0.15, 0.2) is 0 Å². The van der Waals surface area contributed by atoms with Crippen LogP contribution < -0.4 is 11.1 Å². The Kier molecular flexibility index (Phi) is 4.48. The topological polar surface area (TPSA) is 67.6 Å². The van der Waals surface area contributed by atoms with Gasteiger partial charge in [0.1, 0.15) is 5.54 Å². The summed E-state index contributed by atoms with van der Waals surface area (Å²) in [4.78, 5) is 14.3. The fourth-order valence-corrected chi connectivity index (χ4v) is 2.73. The second kappa shape index (κ2) is 5.77. The molecule has 5 heteroatoms. The number of ether oxygens (including phenoxy) is 1. The van der Waals surface area contributed by atoms with Gasteiger partial charge in [0, 0.05) is 25.7 Å². The molecule has 2 aliphatic rings. The summed E-state index contributed by atoms with van der Waals surface area (Å²) in [6, 6.07) is 0.766. The van der Waals surface area contributed by atoms with Crippen LogP contribution in [0.25, 0.3) is 0 Å². The highest BCUT2D eigenvalue weighted by Crippen LogP contribution is 2.42. The molecular formula is C14H27N3O2. The van der Waals surface area contributed by atoms with E-state index in [-0.39, 0.29) is 11.9 Å². The Hall–Kier alpha value is -0.650. The lowest BCUT2D eigenvalue weighted by Gasteiger charge is -2.38. The normalized spacial score (nSPS) is 24.2. The highest BCUT2D eigenvalue weighted by atomic mass is 16.5. The van der Waals surface area contributed by atoms with Gasteiger partial charge in [-0.1, -0.05) is 0 Å². The fraction of sp³-hybridized carbons (Fsp3) is 0.929. The highest BCUT2D eigenvalue weighted by molar-refractivity contribution is 5.86. The molecule has 19 heavy (non-hydrogen) atoms. The van der Waals surface area contributed by atoms with Gasteiger partial charge in [-0.2, -0.15) is 0 Å². The van der Waals surface area contributed by atoms with Crippen LogP contribution in [0.3, 0.4) is 0 Å². The molecule has 3 N–H and O–H groups in total. The lowest BCUT2D eigenvalue weighted by atomic mass is 9.90. The molecule has 2 aliphatic carbocycles. The molecule has 110 valence electrons. The predicted molar refractivity (Wildman–Crippen MR) is 74.8 cm³/mol. The molecule has 2 saturated carbocycles. The summed E-state index contributed by atoms with van der Waals surface area (Å²) in [5.74, 6) is 0.209. The van der Waals surface area contributed by atoms with Crippen LogP contribution in [0.15, 0.2) is 0 Å². The molecule has 2 rings (SSSR count). The van der Waals surface area contributed by atoms with Crippen LogP contribution in [0.5, 0.6) is 0 Å². The maximum Gasteiger partial charge on any atom is 0.239 e. The number of carbonyl (C=O) groups is 1. The Bertz CT molecular complexity index is 329. The van der Waals surface area contributed by atoms with E-state index in [1.807, 2.05) is 7.05 Å². The SMILES string of the molecule is COCC(C)N(C)CC(NC1CC1)(C(N)=O)C1CC1. The largest absolute Gasteiger partial charge is 0.383 e. The first-order valence-electron chi connectivity index (χ1n) is 7.26. The van der Waals surface area contributed by atoms with Gasteiger partial charge in [-0.05, 0) is 45.6 Å². The van der Waals surface area contributed by atoms with Crippen molar-refractivity contribution in [1.29, 1.82) is 0 Å². The van der Waals surface area contributed by atoms with E-state index in [4.69, 9.17) is 10.5 Å². The van der Waals surface area contributed by atoms with Crippen molar-refractivity contribution in [3.05, 3.63) is 0 Å². The molecule has 5 nitrogen and oxygen atoms in total. The van der Waals surface area contributed by atoms with Crippen molar-refractivity contribution in [1.82, 2.24) is 10.2 Å². The Morgan fingerprint density at radius 2 is 2.11 bits per heavy atom. The van der Waals surface area contributed by atoms with Crippen LogP contribution in [-0.2, 0) is 9.53 Å². The third kappa shape index (κ3) is 3.46. The van der Waals surface area contributed by atoms with Crippen molar-refractivity contribution >= 4 is 5.91 Å². The summed E-state index contributed by atoms with van der Waals surface area (Å²) in [5, 5.41) is 3.54. The molecule has 2 fully saturated rings. The Labute approximate surface area is 115 Å². The van der Waals surface area contributed by atoms with Gasteiger partial charge in [0.05, 0.1) is 6.61 Å². The van der Waals surface area contributed by atoms with Crippen LogP contribution in [0.4, 0.5) is 0 Å². The van der Waals surface area contributed by atoms with Crippen LogP contribution in [0, 0.1) is 5.92 Å². The predicted octanol–water partition coefficient (Wildman–Crippen LogP) is 0.339. The van der Waals surface area contributed by atoms with E-state index in [0.29, 0.717) is 25.1 Å². The Balaban J connectivity index is 2.05. The standard InChI is InChI=1S/C14H27N3O2/c1-10(8-19-3)17(2)9-14(13(15)18,11-4-5-11)16-12-6-7-12/h10-12,16H,4-9H2,1-3H3,(H2,15,18). The number of carbonyl (C=O) groups excluding carboxylic acids is 1. The number of hydrogen-bond acceptors (Lipinski definition) is 4. The summed E-state index contributed by atoms with van der Waals surface area (Å²) >= 11 is 0. The minimum absolute atomic E-state index is 0.196. The lowest BCUT2D eigenvalue weighted by molar-refractivity contribution is -0.126. The summed E-state index contributed by atoms with van der Waals surface area (Å²) in [7, 11) is 3.74. The van der Waals surface area contributed by atoms with Crippen molar-refractivity contribution < 1.29 is 9.53 Å². The second-order valence-electron chi connectivity index (χ2n) is 6.25. The number of amides is 1. The van der Waals surface area contributed by atoms with E-state index in [0.717, 1.165) is 12.8 Å². The maximum absolute atomic E-state index is 12.1. The van der Waals surface area contributed by atoms with Gasteiger partial charge in [-0.3, -0.25) is 15.0 Å². The Morgan fingerprint density at radius 1 is 1.47 bits per heavy atom. The van der Waals surface area contributed by atoms with E-state index < -0.39 is 5.54 Å². The van der Waals surface area contributed by atoms with Crippen molar-refractivity contribution in [2.45, 2.75) is 50.2 Å². The number of methoxy groups -OCH3 is 1. The smallest absolute Gasteiger partial charge is 0.239 e. The molecule has 0 aromatic carbocycles. The average Bonchev–Trinajstić information content (AvgIpc) is 3.21. The van der Waals surface area contributed by atoms with Crippen molar-refractivity contribution in [3.63, 3.8) is 0 Å². The molecule has 2 unspecified atom stereocenters. The zero-order chi connectivity index (χ0) is 14.0. The van der Waals surface area contributed by atoms with Crippen molar-refractivity contribution in [3.8, 4) is 0 Å². The van der Waals surface area contributed by atoms with Gasteiger partial charge in [0.25, 0.3) is 0 Å². The van der Waals surface area contributed by atoms with Crippen LogP contribution in [-0.4, -0.2) is 55.7 Å². The third-order valence-electron chi connectivity index (χ3n) is 4.41. The van der Waals surface area contributed by atoms with Gasteiger partial charge in [0.2, 0.25) is 5.91 Å². The number of hydrogen-bond donors (Lipinski definition) is 2. The molecule has 0 aromatic heterocycles. The van der Waals surface area contributed by atoms with E-state index in [9.17, 15) is 4.79 Å². The van der Waals surface area contributed by atoms with Crippen molar-refractivity contribution in [2.24, 2.45) is 11.7 Å². The molecule has 0 saturated heterocycles. The number of nitrogens with one attached hydrogen (secondary N) is 1. The summed E-state index contributed by atoms with van der Waals surface area (Å²) in [6.45, 7) is 3.45. The molecule has 2 atom stereocenters. The van der Waals surface area contributed by atoms with Crippen molar-refractivity contribution in [2.75, 3.05) is 27.3 Å². The van der Waals surface area contributed by atoms with Crippen LogP contribution in [0.1, 0.15) is 32.6 Å². The van der Waals surface area contributed by atoms with Gasteiger partial charge in [-0.25, -0.2) is 0 Å². The van der Waals surface area contributed by atoms with E-state index in [2.05, 4.69) is 17.1 Å². The number of rotatable bonds is 9. The first kappa shape index (κ1) is 14.8. The molecule has 1 amide bonds. The highest BCUT2D eigenvalue weighted by Gasteiger charge is 2.52. The first-order valence-corrected chi connectivity index (χ1v) is 7.26. The van der Waals surface area contributed by atoms with E-state index in [1.165, 1.54) is 12.8 Å². The third-order valence-corrected chi connectivity index (χ3v) is 4.41. The van der Waals surface area contributed by atoms with Crippen LogP contribution >= 0.6 is 0 Å². The van der Waals surface area contributed by atoms with E-state index >= 15 is 0 Å². The minimum Gasteiger partial charge on any atom is -0.383 e. The summed E-state index contributed by atoms with van der Waals surface area (Å²) in [6.07, 6.45) is 4.54. The van der Waals surface area contributed by atoms with E-state index in [1.54, 1.807) is 7.11 Å². The molecule has 0 aromatic rings. The quantitative estimate of drug-likeness (QED) is 0.633. The molecule has 0 heterocycles. The molecule has 0 spiro atoms. The molecular weight excluding hydrogens is 242 g/mol. The molecule has 0 aliphatic heterocycles. The zero-order valence-corrected chi connectivity index (χ0v) is 12.3. The van der Waals surface area contributed by atoms with Gasteiger partial charge in [-0.15, -0.1) is 0 Å². The minimum atomic E-state index is -0.544. The maximum atomic E-state index is 12.1.